The highest BCUT2D eigenvalue weighted by Gasteiger charge is 2.20. The van der Waals surface area contributed by atoms with Crippen LogP contribution in [0, 0.1) is 0 Å². The van der Waals surface area contributed by atoms with Crippen LogP contribution in [0.25, 0.3) is 11.4 Å². The van der Waals surface area contributed by atoms with Crippen molar-refractivity contribution in [3.63, 3.8) is 0 Å². The normalized spacial score (nSPS) is 13.0. The van der Waals surface area contributed by atoms with Crippen LogP contribution >= 0.6 is 0 Å². The lowest BCUT2D eigenvalue weighted by molar-refractivity contribution is 0.759. The fourth-order valence-electron chi connectivity index (χ4n) is 3.85. The summed E-state index contributed by atoms with van der Waals surface area (Å²) >= 11 is 0. The van der Waals surface area contributed by atoms with Gasteiger partial charge in [0.2, 0.25) is 0 Å². The highest BCUT2D eigenvalue weighted by Crippen LogP contribution is 2.34. The number of aromatic nitrogens is 3. The first-order valence-corrected chi connectivity index (χ1v) is 10.3. The van der Waals surface area contributed by atoms with E-state index in [1.165, 1.54) is 11.3 Å². The van der Waals surface area contributed by atoms with Crippen molar-refractivity contribution in [2.45, 2.75) is 19.4 Å². The molecular formula is C25H23N5. The molecule has 0 saturated carbocycles. The van der Waals surface area contributed by atoms with Gasteiger partial charge < -0.3 is 10.2 Å². The minimum absolute atomic E-state index is 0.662. The number of nitrogens with one attached hydrogen (secondary N) is 1. The third kappa shape index (κ3) is 3.87. The van der Waals surface area contributed by atoms with Gasteiger partial charge in [-0.25, -0.2) is 9.97 Å². The van der Waals surface area contributed by atoms with Crippen LogP contribution in [0.2, 0.25) is 0 Å². The molecular weight excluding hydrogens is 370 g/mol. The molecule has 0 saturated heterocycles. The Morgan fingerprint density at radius 1 is 0.900 bits per heavy atom. The minimum atomic E-state index is 0.662. The van der Waals surface area contributed by atoms with Gasteiger partial charge >= 0.3 is 0 Å². The molecule has 0 unspecified atom stereocenters. The summed E-state index contributed by atoms with van der Waals surface area (Å²) in [4.78, 5) is 16.2. The summed E-state index contributed by atoms with van der Waals surface area (Å²) in [6, 6.07) is 24.8. The Balaban J connectivity index is 1.53. The number of rotatable bonds is 5. The number of nitrogens with zero attached hydrogens (tertiary/aromatic N) is 4. The standard InChI is InChI=1S/C25H23N5/c1-2-10-21(11-3-1)25-28-23(27-18-19-8-6-14-26-17-19)16-24(29-25)30-15-7-12-20-9-4-5-13-22(20)30/h1-6,8-11,13-14,16-17H,7,12,15,18H2,(H,27,28,29). The maximum atomic E-state index is 4.94. The van der Waals surface area contributed by atoms with Gasteiger partial charge in [-0.3, -0.25) is 4.98 Å². The molecule has 2 aromatic heterocycles. The van der Waals surface area contributed by atoms with Gasteiger partial charge in [-0.1, -0.05) is 54.6 Å². The molecule has 2 aromatic carbocycles. The number of para-hydroxylation sites is 1. The molecule has 1 aliphatic rings. The average molecular weight is 393 g/mol. The minimum Gasteiger partial charge on any atom is -0.366 e. The lowest BCUT2D eigenvalue weighted by Crippen LogP contribution is -2.25. The predicted molar refractivity (Wildman–Crippen MR) is 121 cm³/mol. The molecule has 0 aliphatic carbocycles. The second kappa shape index (κ2) is 8.33. The molecule has 5 heteroatoms. The van der Waals surface area contributed by atoms with Crippen molar-refractivity contribution in [1.29, 1.82) is 0 Å². The van der Waals surface area contributed by atoms with Gasteiger partial charge in [0.1, 0.15) is 11.6 Å². The van der Waals surface area contributed by atoms with Gasteiger partial charge in [-0.05, 0) is 36.1 Å². The third-order valence-corrected chi connectivity index (χ3v) is 5.33. The second-order valence-corrected chi connectivity index (χ2v) is 7.40. The van der Waals surface area contributed by atoms with Crippen molar-refractivity contribution in [3.05, 3.63) is 96.3 Å². The molecule has 1 aliphatic heterocycles. The summed E-state index contributed by atoms with van der Waals surface area (Å²) < 4.78 is 0. The summed E-state index contributed by atoms with van der Waals surface area (Å²) in [6.45, 7) is 1.61. The molecule has 30 heavy (non-hydrogen) atoms. The van der Waals surface area contributed by atoms with Crippen LogP contribution in [0.15, 0.2) is 85.2 Å². The Morgan fingerprint density at radius 3 is 2.63 bits per heavy atom. The van der Waals surface area contributed by atoms with Crippen LogP contribution < -0.4 is 10.2 Å². The van der Waals surface area contributed by atoms with Crippen LogP contribution in [-0.2, 0) is 13.0 Å². The molecule has 0 atom stereocenters. The molecule has 5 rings (SSSR count). The van der Waals surface area contributed by atoms with E-state index >= 15 is 0 Å². The Bertz CT molecular complexity index is 1130. The lowest BCUT2D eigenvalue weighted by atomic mass is 10.0. The first-order chi connectivity index (χ1) is 14.9. The zero-order chi connectivity index (χ0) is 20.2. The largest absolute Gasteiger partial charge is 0.366 e. The average Bonchev–Trinajstić information content (AvgIpc) is 2.83. The van der Waals surface area contributed by atoms with E-state index in [2.05, 4.69) is 45.5 Å². The van der Waals surface area contributed by atoms with Crippen molar-refractivity contribution < 1.29 is 0 Å². The highest BCUT2D eigenvalue weighted by atomic mass is 15.2. The van der Waals surface area contributed by atoms with Crippen LogP contribution in [-0.4, -0.2) is 21.5 Å². The Kier molecular flexibility index (Phi) is 5.08. The van der Waals surface area contributed by atoms with Crippen molar-refractivity contribution >= 4 is 17.3 Å². The zero-order valence-corrected chi connectivity index (χ0v) is 16.7. The summed E-state index contributed by atoms with van der Waals surface area (Å²) in [5.41, 5.74) is 4.73. The van der Waals surface area contributed by atoms with Gasteiger partial charge in [0.15, 0.2) is 5.82 Å². The molecule has 0 amide bonds. The molecule has 0 bridgehead atoms. The van der Waals surface area contributed by atoms with Crippen LogP contribution in [0.4, 0.5) is 17.3 Å². The molecule has 3 heterocycles. The van der Waals surface area contributed by atoms with E-state index in [9.17, 15) is 0 Å². The van der Waals surface area contributed by atoms with Gasteiger partial charge in [-0.15, -0.1) is 0 Å². The molecule has 5 nitrogen and oxygen atoms in total. The van der Waals surface area contributed by atoms with Crippen LogP contribution in [0.5, 0.6) is 0 Å². The molecule has 148 valence electrons. The summed E-state index contributed by atoms with van der Waals surface area (Å²) in [5.74, 6) is 2.46. The molecule has 0 fully saturated rings. The number of hydrogen-bond donors (Lipinski definition) is 1. The van der Waals surface area contributed by atoms with Crippen molar-refractivity contribution in [3.8, 4) is 11.4 Å². The van der Waals surface area contributed by atoms with E-state index in [-0.39, 0.29) is 0 Å². The highest BCUT2D eigenvalue weighted by molar-refractivity contribution is 5.69. The second-order valence-electron chi connectivity index (χ2n) is 7.40. The van der Waals surface area contributed by atoms with Crippen LogP contribution in [0.3, 0.4) is 0 Å². The molecule has 0 radical (unpaired) electrons. The molecule has 4 aromatic rings. The quantitative estimate of drug-likeness (QED) is 0.503. The number of hydrogen-bond acceptors (Lipinski definition) is 5. The molecule has 0 spiro atoms. The summed E-state index contributed by atoms with van der Waals surface area (Å²) in [7, 11) is 0. The Labute approximate surface area is 176 Å². The maximum Gasteiger partial charge on any atom is 0.163 e. The van der Waals surface area contributed by atoms with Gasteiger partial charge in [-0.2, -0.15) is 0 Å². The SMILES string of the molecule is c1ccc(-c2nc(NCc3cccnc3)cc(N3CCCc4ccccc43)n2)cc1. The Morgan fingerprint density at radius 2 is 1.77 bits per heavy atom. The van der Waals surface area contributed by atoms with E-state index in [4.69, 9.17) is 9.97 Å². The number of fused-ring (bicyclic) bond motifs is 1. The topological polar surface area (TPSA) is 53.9 Å². The van der Waals surface area contributed by atoms with Gasteiger partial charge in [0.05, 0.1) is 0 Å². The number of anilines is 3. The maximum absolute atomic E-state index is 4.94. The van der Waals surface area contributed by atoms with E-state index in [0.29, 0.717) is 6.54 Å². The monoisotopic (exact) mass is 393 g/mol. The van der Waals surface area contributed by atoms with Crippen molar-refractivity contribution in [1.82, 2.24) is 15.0 Å². The number of pyridine rings is 1. The van der Waals surface area contributed by atoms with E-state index in [1.54, 1.807) is 6.20 Å². The Hall–Kier alpha value is -3.73. The molecule has 1 N–H and O–H groups in total. The third-order valence-electron chi connectivity index (χ3n) is 5.33. The predicted octanol–water partition coefficient (Wildman–Crippen LogP) is 5.24. The fourth-order valence-corrected chi connectivity index (χ4v) is 3.85. The van der Waals surface area contributed by atoms with Crippen molar-refractivity contribution in [2.24, 2.45) is 0 Å². The van der Waals surface area contributed by atoms with E-state index in [1.807, 2.05) is 48.7 Å². The smallest absolute Gasteiger partial charge is 0.163 e. The fraction of sp³-hybridized carbons (Fsp3) is 0.160. The van der Waals surface area contributed by atoms with Crippen molar-refractivity contribution in [2.75, 3.05) is 16.8 Å². The zero-order valence-electron chi connectivity index (χ0n) is 16.7. The summed E-state index contributed by atoms with van der Waals surface area (Å²) in [5, 5.41) is 3.46. The number of benzene rings is 2. The summed E-state index contributed by atoms with van der Waals surface area (Å²) in [6.07, 6.45) is 5.87. The van der Waals surface area contributed by atoms with E-state index in [0.717, 1.165) is 48.0 Å². The first kappa shape index (κ1) is 18.3. The first-order valence-electron chi connectivity index (χ1n) is 10.3. The van der Waals surface area contributed by atoms with E-state index < -0.39 is 0 Å². The lowest BCUT2D eigenvalue weighted by Gasteiger charge is -2.30. The number of aryl methyl sites for hydroxylation is 1. The van der Waals surface area contributed by atoms with Gasteiger partial charge in [0.25, 0.3) is 0 Å². The van der Waals surface area contributed by atoms with Crippen LogP contribution in [0.1, 0.15) is 17.5 Å². The van der Waals surface area contributed by atoms with Gasteiger partial charge in [0, 0.05) is 42.8 Å².